The van der Waals surface area contributed by atoms with Gasteiger partial charge in [0, 0.05) is 0 Å². The number of ether oxygens (including phenoxy) is 5. The van der Waals surface area contributed by atoms with Crippen molar-refractivity contribution in [1.29, 1.82) is 0 Å². The molecular formula is C12H22O7. The van der Waals surface area contributed by atoms with Crippen LogP contribution >= 0.6 is 0 Å². The minimum atomic E-state index is -0.704. The Hall–Kier alpha value is -1.50. The van der Waals surface area contributed by atoms with Crippen molar-refractivity contribution in [3.05, 3.63) is 0 Å². The molecule has 0 amide bonds. The summed E-state index contributed by atoms with van der Waals surface area (Å²) in [5, 5.41) is 0. The van der Waals surface area contributed by atoms with Gasteiger partial charge in [-0.25, -0.2) is 9.59 Å². The van der Waals surface area contributed by atoms with Gasteiger partial charge >= 0.3 is 12.3 Å². The number of carbonyl (C=O) groups excluding carboxylic acids is 2. The van der Waals surface area contributed by atoms with Crippen LogP contribution in [0, 0.1) is 0 Å². The van der Waals surface area contributed by atoms with E-state index >= 15 is 0 Å². The molecule has 112 valence electrons. The maximum atomic E-state index is 10.9. The Morgan fingerprint density at radius 2 is 1.00 bits per heavy atom. The first-order chi connectivity index (χ1) is 9.20. The van der Waals surface area contributed by atoms with Gasteiger partial charge in [0.25, 0.3) is 0 Å². The predicted molar refractivity (Wildman–Crippen MR) is 66.0 cm³/mol. The molecule has 0 aliphatic rings. The molecular weight excluding hydrogens is 256 g/mol. The van der Waals surface area contributed by atoms with Gasteiger partial charge < -0.3 is 23.7 Å². The Morgan fingerprint density at radius 1 is 0.632 bits per heavy atom. The normalized spacial score (nSPS) is 9.79. The lowest BCUT2D eigenvalue weighted by Gasteiger charge is -2.07. The van der Waals surface area contributed by atoms with Gasteiger partial charge in [0.15, 0.2) is 0 Å². The highest BCUT2D eigenvalue weighted by Gasteiger charge is 2.03. The number of carbonyl (C=O) groups is 2. The summed E-state index contributed by atoms with van der Waals surface area (Å²) in [7, 11) is 0. The fourth-order valence-electron chi connectivity index (χ4n) is 0.924. The summed E-state index contributed by atoms with van der Waals surface area (Å²) in [4.78, 5) is 21.8. The summed E-state index contributed by atoms with van der Waals surface area (Å²) in [5.41, 5.74) is 0. The molecule has 19 heavy (non-hydrogen) atoms. The van der Waals surface area contributed by atoms with Crippen LogP contribution in [0.1, 0.15) is 26.7 Å². The highest BCUT2D eigenvalue weighted by molar-refractivity contribution is 5.60. The quantitative estimate of drug-likeness (QED) is 0.447. The lowest BCUT2D eigenvalue weighted by molar-refractivity contribution is 0.00625. The molecule has 0 spiro atoms. The molecule has 0 atom stereocenters. The van der Waals surface area contributed by atoms with Crippen LogP contribution in [0.4, 0.5) is 9.59 Å². The second-order valence-corrected chi connectivity index (χ2v) is 3.51. The van der Waals surface area contributed by atoms with Gasteiger partial charge in [0.05, 0.1) is 26.4 Å². The van der Waals surface area contributed by atoms with E-state index in [9.17, 15) is 9.59 Å². The Morgan fingerprint density at radius 3 is 1.37 bits per heavy atom. The van der Waals surface area contributed by atoms with Crippen LogP contribution in [0.3, 0.4) is 0 Å². The molecule has 7 nitrogen and oxygen atoms in total. The van der Waals surface area contributed by atoms with Gasteiger partial charge in [-0.3, -0.25) is 0 Å². The van der Waals surface area contributed by atoms with Crippen LogP contribution in [0.5, 0.6) is 0 Å². The Labute approximate surface area is 113 Å². The summed E-state index contributed by atoms with van der Waals surface area (Å²) in [6.07, 6.45) is 0.0865. The van der Waals surface area contributed by atoms with Crippen LogP contribution < -0.4 is 0 Å². The molecule has 7 heteroatoms. The standard InChI is InChI=1S/C12H22O7/c1-3-5-16-11(13)18-9-7-15-8-10-19-12(14)17-6-4-2/h3-10H2,1-2H3. The lowest BCUT2D eigenvalue weighted by atomic mass is 10.5. The van der Waals surface area contributed by atoms with E-state index < -0.39 is 12.3 Å². The smallest absolute Gasteiger partial charge is 0.434 e. The molecule has 0 aromatic heterocycles. The molecule has 0 N–H and O–H groups in total. The monoisotopic (exact) mass is 278 g/mol. The second kappa shape index (κ2) is 12.9. The van der Waals surface area contributed by atoms with E-state index in [-0.39, 0.29) is 26.4 Å². The largest absolute Gasteiger partial charge is 0.508 e. The zero-order valence-electron chi connectivity index (χ0n) is 11.5. The Kier molecular flexibility index (Phi) is 11.9. The van der Waals surface area contributed by atoms with Crippen LogP contribution in [-0.4, -0.2) is 52.0 Å². The minimum absolute atomic E-state index is 0.100. The molecule has 0 saturated heterocycles. The zero-order valence-corrected chi connectivity index (χ0v) is 11.5. The Bertz CT molecular complexity index is 218. The average molecular weight is 278 g/mol. The van der Waals surface area contributed by atoms with Gasteiger partial charge in [-0.2, -0.15) is 0 Å². The molecule has 0 aromatic carbocycles. The van der Waals surface area contributed by atoms with E-state index in [4.69, 9.17) is 14.2 Å². The fraction of sp³-hybridized carbons (Fsp3) is 0.833. The average Bonchev–Trinajstić information content (AvgIpc) is 2.41. The molecule has 0 unspecified atom stereocenters. The third-order valence-corrected chi connectivity index (χ3v) is 1.74. The van der Waals surface area contributed by atoms with Crippen LogP contribution in [0.2, 0.25) is 0 Å². The summed E-state index contributed by atoms with van der Waals surface area (Å²) < 4.78 is 23.9. The highest BCUT2D eigenvalue weighted by atomic mass is 16.7. The van der Waals surface area contributed by atoms with Crippen molar-refractivity contribution in [2.75, 3.05) is 39.6 Å². The SMILES string of the molecule is CCCOC(=O)OCCOCCOC(=O)OCCC. The van der Waals surface area contributed by atoms with Gasteiger partial charge in [-0.1, -0.05) is 13.8 Å². The van der Waals surface area contributed by atoms with Crippen LogP contribution in [0.15, 0.2) is 0 Å². The van der Waals surface area contributed by atoms with E-state index in [1.165, 1.54) is 0 Å². The first-order valence-electron chi connectivity index (χ1n) is 6.37. The third kappa shape index (κ3) is 12.7. The molecule has 0 aromatic rings. The highest BCUT2D eigenvalue weighted by Crippen LogP contribution is 1.90. The molecule has 0 radical (unpaired) electrons. The first-order valence-corrected chi connectivity index (χ1v) is 6.37. The maximum Gasteiger partial charge on any atom is 0.508 e. The summed E-state index contributed by atoms with van der Waals surface area (Å²) in [6.45, 7) is 5.10. The van der Waals surface area contributed by atoms with Crippen molar-refractivity contribution in [3.8, 4) is 0 Å². The van der Waals surface area contributed by atoms with E-state index in [2.05, 4.69) is 9.47 Å². The van der Waals surface area contributed by atoms with E-state index in [1.54, 1.807) is 0 Å². The topological polar surface area (TPSA) is 80.3 Å². The summed E-state index contributed by atoms with van der Waals surface area (Å²) >= 11 is 0. The van der Waals surface area contributed by atoms with Crippen LogP contribution in [0.25, 0.3) is 0 Å². The van der Waals surface area contributed by atoms with Crippen molar-refractivity contribution in [1.82, 2.24) is 0 Å². The predicted octanol–water partition coefficient (Wildman–Crippen LogP) is 2.13. The molecule has 0 saturated carbocycles. The molecule has 0 bridgehead atoms. The molecule has 0 heterocycles. The molecule has 0 fully saturated rings. The Balaban J connectivity index is 3.22. The molecule has 0 aliphatic carbocycles. The number of rotatable bonds is 10. The van der Waals surface area contributed by atoms with E-state index in [1.807, 2.05) is 13.8 Å². The van der Waals surface area contributed by atoms with Crippen molar-refractivity contribution in [3.63, 3.8) is 0 Å². The first kappa shape index (κ1) is 17.5. The summed E-state index contributed by atoms with van der Waals surface area (Å²) in [5.74, 6) is 0. The van der Waals surface area contributed by atoms with Crippen molar-refractivity contribution >= 4 is 12.3 Å². The van der Waals surface area contributed by atoms with Gasteiger partial charge in [0.2, 0.25) is 0 Å². The van der Waals surface area contributed by atoms with Crippen molar-refractivity contribution < 1.29 is 33.3 Å². The van der Waals surface area contributed by atoms with E-state index in [0.29, 0.717) is 13.2 Å². The van der Waals surface area contributed by atoms with E-state index in [0.717, 1.165) is 12.8 Å². The number of hydrogen-bond donors (Lipinski definition) is 0. The molecule has 0 aliphatic heterocycles. The van der Waals surface area contributed by atoms with Gasteiger partial charge in [0.1, 0.15) is 13.2 Å². The second-order valence-electron chi connectivity index (χ2n) is 3.51. The van der Waals surface area contributed by atoms with Crippen LogP contribution in [-0.2, 0) is 23.7 Å². The van der Waals surface area contributed by atoms with Crippen molar-refractivity contribution in [2.45, 2.75) is 26.7 Å². The lowest BCUT2D eigenvalue weighted by Crippen LogP contribution is -2.16. The third-order valence-electron chi connectivity index (χ3n) is 1.74. The van der Waals surface area contributed by atoms with Gasteiger partial charge in [-0.05, 0) is 12.8 Å². The zero-order chi connectivity index (χ0) is 14.3. The molecule has 0 rings (SSSR count). The van der Waals surface area contributed by atoms with Crippen molar-refractivity contribution in [2.24, 2.45) is 0 Å². The fourth-order valence-corrected chi connectivity index (χ4v) is 0.924. The summed E-state index contributed by atoms with van der Waals surface area (Å²) in [6, 6.07) is 0. The van der Waals surface area contributed by atoms with Gasteiger partial charge in [-0.15, -0.1) is 0 Å². The maximum absolute atomic E-state index is 10.9. The minimum Gasteiger partial charge on any atom is -0.434 e. The number of hydrogen-bond acceptors (Lipinski definition) is 7.